The molecule has 0 unspecified atom stereocenters. The molecule has 1 aromatic carbocycles. The number of ether oxygens (including phenoxy) is 2. The zero-order chi connectivity index (χ0) is 22.5. The summed E-state index contributed by atoms with van der Waals surface area (Å²) >= 11 is 0. The van der Waals surface area contributed by atoms with Crippen molar-refractivity contribution in [3.05, 3.63) is 23.8 Å². The molecule has 0 aliphatic heterocycles. The summed E-state index contributed by atoms with van der Waals surface area (Å²) < 4.78 is 39.2. The molecule has 31 heavy (non-hydrogen) atoms. The van der Waals surface area contributed by atoms with E-state index < -0.39 is 17.6 Å². The van der Waals surface area contributed by atoms with Crippen molar-refractivity contribution in [3.8, 4) is 11.5 Å². The van der Waals surface area contributed by atoms with Crippen molar-refractivity contribution in [2.24, 2.45) is 11.8 Å². The lowest BCUT2D eigenvalue weighted by molar-refractivity contribution is -0.140. The zero-order valence-electron chi connectivity index (χ0n) is 19.4. The van der Waals surface area contributed by atoms with Gasteiger partial charge in [-0.3, -0.25) is 4.79 Å². The predicted molar refractivity (Wildman–Crippen MR) is 120 cm³/mol. The van der Waals surface area contributed by atoms with Gasteiger partial charge in [-0.05, 0) is 50.2 Å². The van der Waals surface area contributed by atoms with Crippen LogP contribution in [0.15, 0.2) is 12.1 Å². The fourth-order valence-corrected chi connectivity index (χ4v) is 4.33. The van der Waals surface area contributed by atoms with Crippen LogP contribution in [0.1, 0.15) is 104 Å². The summed E-state index contributed by atoms with van der Waals surface area (Å²) in [6.45, 7) is 4.67. The molecule has 2 rings (SSSR count). The van der Waals surface area contributed by atoms with Gasteiger partial charge in [-0.1, -0.05) is 71.6 Å². The number of benzene rings is 1. The minimum absolute atomic E-state index is 0.131. The molecule has 1 fully saturated rings. The number of carbonyl (C=O) groups excluding carboxylic acids is 1. The number of carbonyl (C=O) groups is 1. The predicted octanol–water partition coefficient (Wildman–Crippen LogP) is 8.00. The lowest BCUT2D eigenvalue weighted by Gasteiger charge is -2.27. The molecule has 0 N–H and O–H groups in total. The third-order valence-electron chi connectivity index (χ3n) is 6.37. The summed E-state index contributed by atoms with van der Waals surface area (Å²) in [5.74, 6) is -2.73. The number of unbranched alkanes of at least 4 members (excludes halogenated alkanes) is 7. The quantitative estimate of drug-likeness (QED) is 0.168. The average molecular weight is 439 g/mol. The van der Waals surface area contributed by atoms with Gasteiger partial charge >= 0.3 is 5.97 Å². The Morgan fingerprint density at radius 1 is 0.839 bits per heavy atom. The molecule has 5 heteroatoms. The van der Waals surface area contributed by atoms with E-state index in [1.165, 1.54) is 50.7 Å². The second-order valence-corrected chi connectivity index (χ2v) is 8.94. The second kappa shape index (κ2) is 14.4. The molecule has 0 atom stereocenters. The maximum atomic E-state index is 14.4. The first-order chi connectivity index (χ1) is 15.1. The maximum Gasteiger partial charge on any atom is 0.314 e. The van der Waals surface area contributed by atoms with E-state index in [1.807, 2.05) is 0 Å². The van der Waals surface area contributed by atoms with E-state index in [1.54, 1.807) is 0 Å². The fourth-order valence-electron chi connectivity index (χ4n) is 4.33. The van der Waals surface area contributed by atoms with Gasteiger partial charge in [-0.2, -0.15) is 8.78 Å². The van der Waals surface area contributed by atoms with Gasteiger partial charge in [0.25, 0.3) is 0 Å². The van der Waals surface area contributed by atoms with Crippen molar-refractivity contribution < 1.29 is 23.0 Å². The summed E-state index contributed by atoms with van der Waals surface area (Å²) in [6, 6.07) is 2.63. The van der Waals surface area contributed by atoms with Crippen LogP contribution in [-0.4, -0.2) is 12.6 Å². The van der Waals surface area contributed by atoms with Crippen LogP contribution in [0.4, 0.5) is 8.78 Å². The summed E-state index contributed by atoms with van der Waals surface area (Å²) in [5.41, 5.74) is 0. The molecular weight excluding hydrogens is 398 g/mol. The first-order valence-corrected chi connectivity index (χ1v) is 12.4. The summed E-state index contributed by atoms with van der Waals surface area (Å²) in [6.07, 6.45) is 15.2. The Balaban J connectivity index is 1.76. The zero-order valence-corrected chi connectivity index (χ0v) is 19.4. The molecule has 0 radical (unpaired) electrons. The minimum atomic E-state index is -1.15. The fraction of sp³-hybridized carbons (Fsp3) is 0.731. The number of halogens is 2. The van der Waals surface area contributed by atoms with Crippen molar-refractivity contribution >= 4 is 5.97 Å². The molecule has 3 nitrogen and oxygen atoms in total. The molecular formula is C26H40F2O3. The summed E-state index contributed by atoms with van der Waals surface area (Å²) in [7, 11) is 0. The topological polar surface area (TPSA) is 35.5 Å². The molecule has 1 saturated carbocycles. The lowest BCUT2D eigenvalue weighted by Crippen LogP contribution is -2.26. The van der Waals surface area contributed by atoms with Gasteiger partial charge in [0, 0.05) is 0 Å². The Morgan fingerprint density at radius 3 is 2.10 bits per heavy atom. The largest absolute Gasteiger partial charge is 0.490 e. The van der Waals surface area contributed by atoms with Crippen molar-refractivity contribution in [1.82, 2.24) is 0 Å². The third-order valence-corrected chi connectivity index (χ3v) is 6.37. The number of hydrogen-bond acceptors (Lipinski definition) is 3. The van der Waals surface area contributed by atoms with E-state index in [9.17, 15) is 13.6 Å². The normalized spacial score (nSPS) is 18.7. The van der Waals surface area contributed by atoms with Crippen LogP contribution in [-0.2, 0) is 4.79 Å². The highest BCUT2D eigenvalue weighted by atomic mass is 19.2. The molecule has 1 aliphatic rings. The molecule has 0 saturated heterocycles. The molecule has 0 aromatic heterocycles. The molecule has 0 bridgehead atoms. The van der Waals surface area contributed by atoms with Gasteiger partial charge in [0.1, 0.15) is 0 Å². The minimum Gasteiger partial charge on any atom is -0.490 e. The molecule has 0 heterocycles. The Hall–Kier alpha value is -1.65. The monoisotopic (exact) mass is 438 g/mol. The van der Waals surface area contributed by atoms with Crippen LogP contribution in [0.5, 0.6) is 11.5 Å². The van der Waals surface area contributed by atoms with E-state index in [2.05, 4.69) is 13.8 Å². The number of hydrogen-bond donors (Lipinski definition) is 0. The lowest BCUT2D eigenvalue weighted by atomic mass is 9.80. The van der Waals surface area contributed by atoms with Gasteiger partial charge in [-0.25, -0.2) is 0 Å². The van der Waals surface area contributed by atoms with Gasteiger partial charge in [0.15, 0.2) is 11.5 Å². The highest BCUT2D eigenvalue weighted by Gasteiger charge is 2.28. The molecule has 0 spiro atoms. The molecule has 176 valence electrons. The average Bonchev–Trinajstić information content (AvgIpc) is 2.78. The molecule has 1 aliphatic carbocycles. The van der Waals surface area contributed by atoms with E-state index in [0.717, 1.165) is 51.4 Å². The third kappa shape index (κ3) is 8.78. The standard InChI is InChI=1S/C26H40F2O3/c1-3-5-7-9-10-12-20-13-15-21(16-14-20)26(29)31-23-18-17-22(24(27)25(23)28)30-19-11-8-6-4-2/h17-18,20-21H,3-16,19H2,1-2H3/t20-,21-. The van der Waals surface area contributed by atoms with Crippen molar-refractivity contribution in [3.63, 3.8) is 0 Å². The first kappa shape index (κ1) is 25.6. The van der Waals surface area contributed by atoms with Crippen LogP contribution in [0.3, 0.4) is 0 Å². The van der Waals surface area contributed by atoms with E-state index in [4.69, 9.17) is 9.47 Å². The van der Waals surface area contributed by atoms with E-state index in [-0.39, 0.29) is 17.4 Å². The van der Waals surface area contributed by atoms with Gasteiger partial charge in [0.2, 0.25) is 11.6 Å². The van der Waals surface area contributed by atoms with Crippen LogP contribution >= 0.6 is 0 Å². The van der Waals surface area contributed by atoms with Crippen LogP contribution in [0, 0.1) is 23.5 Å². The SMILES string of the molecule is CCCCCCC[C@H]1CC[C@H](C(=O)Oc2ccc(OCCCCCC)c(F)c2F)CC1. The Morgan fingerprint density at radius 2 is 1.42 bits per heavy atom. The van der Waals surface area contributed by atoms with Crippen molar-refractivity contribution in [2.45, 2.75) is 104 Å². The number of rotatable bonds is 14. The molecule has 1 aromatic rings. The van der Waals surface area contributed by atoms with Gasteiger partial charge in [-0.15, -0.1) is 0 Å². The molecule has 0 amide bonds. The number of esters is 1. The van der Waals surface area contributed by atoms with Crippen molar-refractivity contribution in [1.29, 1.82) is 0 Å². The van der Waals surface area contributed by atoms with Crippen LogP contribution < -0.4 is 9.47 Å². The Kier molecular flexibility index (Phi) is 11.9. The van der Waals surface area contributed by atoms with Gasteiger partial charge < -0.3 is 9.47 Å². The van der Waals surface area contributed by atoms with E-state index >= 15 is 0 Å². The van der Waals surface area contributed by atoms with Gasteiger partial charge in [0.05, 0.1) is 12.5 Å². The summed E-state index contributed by atoms with van der Waals surface area (Å²) in [5, 5.41) is 0. The van der Waals surface area contributed by atoms with E-state index in [0.29, 0.717) is 12.5 Å². The summed E-state index contributed by atoms with van der Waals surface area (Å²) in [4.78, 5) is 12.5. The maximum absolute atomic E-state index is 14.4. The highest BCUT2D eigenvalue weighted by molar-refractivity contribution is 5.75. The Bertz CT molecular complexity index is 654. The highest BCUT2D eigenvalue weighted by Crippen LogP contribution is 2.34. The van der Waals surface area contributed by atoms with Crippen LogP contribution in [0.25, 0.3) is 0 Å². The Labute approximate surface area is 186 Å². The smallest absolute Gasteiger partial charge is 0.314 e. The first-order valence-electron chi connectivity index (χ1n) is 12.4. The van der Waals surface area contributed by atoms with Crippen molar-refractivity contribution in [2.75, 3.05) is 6.61 Å². The van der Waals surface area contributed by atoms with Crippen LogP contribution in [0.2, 0.25) is 0 Å². The second-order valence-electron chi connectivity index (χ2n) is 8.94.